The second kappa shape index (κ2) is 4.07. The van der Waals surface area contributed by atoms with E-state index in [0.29, 0.717) is 5.92 Å². The fraction of sp³-hybridized carbons (Fsp3) is 0.364. The van der Waals surface area contributed by atoms with Gasteiger partial charge in [-0.1, -0.05) is 13.0 Å². The van der Waals surface area contributed by atoms with Gasteiger partial charge >= 0.3 is 0 Å². The van der Waals surface area contributed by atoms with E-state index in [0.717, 1.165) is 18.5 Å². The van der Waals surface area contributed by atoms with E-state index in [2.05, 4.69) is 30.1 Å². The van der Waals surface area contributed by atoms with E-state index >= 15 is 0 Å². The molecule has 0 saturated carbocycles. The van der Waals surface area contributed by atoms with Gasteiger partial charge in [0.1, 0.15) is 0 Å². The molecule has 0 aliphatic rings. The first kappa shape index (κ1) is 9.62. The lowest BCUT2D eigenvalue weighted by molar-refractivity contribution is 0.593. The molecule has 3 heteroatoms. The Morgan fingerprint density at radius 2 is 2.36 bits per heavy atom. The van der Waals surface area contributed by atoms with Crippen LogP contribution in [0, 0.1) is 5.92 Å². The highest BCUT2D eigenvalue weighted by Gasteiger charge is 2.03. The molecule has 1 aromatic heterocycles. The van der Waals surface area contributed by atoms with Gasteiger partial charge in [0.15, 0.2) is 0 Å². The van der Waals surface area contributed by atoms with Crippen LogP contribution in [0.2, 0.25) is 0 Å². The minimum Gasteiger partial charge on any atom is -0.330 e. The van der Waals surface area contributed by atoms with Gasteiger partial charge in [-0.15, -0.1) is 11.3 Å². The number of thiazole rings is 1. The van der Waals surface area contributed by atoms with Gasteiger partial charge in [-0.25, -0.2) is 4.98 Å². The largest absolute Gasteiger partial charge is 0.330 e. The molecular formula is C11H14N2S. The number of hydrogen-bond acceptors (Lipinski definition) is 3. The van der Waals surface area contributed by atoms with E-state index in [1.54, 1.807) is 11.3 Å². The Morgan fingerprint density at radius 3 is 3.14 bits per heavy atom. The summed E-state index contributed by atoms with van der Waals surface area (Å²) in [7, 11) is 0. The molecule has 0 radical (unpaired) electrons. The summed E-state index contributed by atoms with van der Waals surface area (Å²) in [4.78, 5) is 4.30. The van der Waals surface area contributed by atoms with Crippen LogP contribution >= 0.6 is 11.3 Å². The van der Waals surface area contributed by atoms with Crippen LogP contribution < -0.4 is 5.73 Å². The number of aromatic nitrogens is 1. The van der Waals surface area contributed by atoms with Gasteiger partial charge in [-0.05, 0) is 36.6 Å². The van der Waals surface area contributed by atoms with Crippen LogP contribution in [0.5, 0.6) is 0 Å². The van der Waals surface area contributed by atoms with E-state index in [1.165, 1.54) is 10.3 Å². The van der Waals surface area contributed by atoms with Gasteiger partial charge < -0.3 is 5.73 Å². The fourth-order valence-corrected chi connectivity index (χ4v) is 2.17. The number of nitrogens with zero attached hydrogens (tertiary/aromatic N) is 1. The second-order valence-corrected chi connectivity index (χ2v) is 4.59. The zero-order chi connectivity index (χ0) is 9.97. The van der Waals surface area contributed by atoms with Crippen molar-refractivity contribution >= 4 is 21.6 Å². The molecule has 1 aromatic carbocycles. The first-order valence-corrected chi connectivity index (χ1v) is 5.69. The van der Waals surface area contributed by atoms with Gasteiger partial charge in [0.2, 0.25) is 0 Å². The Morgan fingerprint density at radius 1 is 1.50 bits per heavy atom. The Kier molecular flexibility index (Phi) is 2.79. The Balaban J connectivity index is 2.25. The third-order valence-electron chi connectivity index (χ3n) is 2.38. The van der Waals surface area contributed by atoms with E-state index in [9.17, 15) is 0 Å². The lowest BCUT2D eigenvalue weighted by atomic mass is 10.0. The van der Waals surface area contributed by atoms with Crippen molar-refractivity contribution in [2.75, 3.05) is 6.54 Å². The maximum atomic E-state index is 5.60. The first-order valence-electron chi connectivity index (χ1n) is 4.82. The molecule has 0 saturated heterocycles. The van der Waals surface area contributed by atoms with Crippen molar-refractivity contribution in [3.63, 3.8) is 0 Å². The highest BCUT2D eigenvalue weighted by Crippen LogP contribution is 2.20. The van der Waals surface area contributed by atoms with Gasteiger partial charge in [0.25, 0.3) is 0 Å². The molecule has 74 valence electrons. The minimum atomic E-state index is 0.547. The molecule has 0 amide bonds. The Labute approximate surface area is 87.8 Å². The summed E-state index contributed by atoms with van der Waals surface area (Å²) < 4.78 is 1.26. The molecule has 2 aromatic rings. The highest BCUT2D eigenvalue weighted by atomic mass is 32.1. The summed E-state index contributed by atoms with van der Waals surface area (Å²) in [6, 6.07) is 6.48. The summed E-state index contributed by atoms with van der Waals surface area (Å²) in [6.07, 6.45) is 1.05. The van der Waals surface area contributed by atoms with Crippen molar-refractivity contribution in [1.29, 1.82) is 0 Å². The normalized spacial score (nSPS) is 13.3. The molecule has 2 nitrogen and oxygen atoms in total. The van der Waals surface area contributed by atoms with Gasteiger partial charge in [0.05, 0.1) is 15.7 Å². The average Bonchev–Trinajstić information content (AvgIpc) is 2.64. The standard InChI is InChI=1S/C11H14N2S/c1-8(6-12)4-9-2-3-11-10(5-9)13-7-14-11/h2-3,5,7-8H,4,6,12H2,1H3. The van der Waals surface area contributed by atoms with Crippen molar-refractivity contribution < 1.29 is 0 Å². The molecule has 2 rings (SSSR count). The molecule has 0 aliphatic carbocycles. The molecule has 1 heterocycles. The monoisotopic (exact) mass is 206 g/mol. The predicted molar refractivity (Wildman–Crippen MR) is 61.5 cm³/mol. The lowest BCUT2D eigenvalue weighted by Crippen LogP contribution is -2.12. The number of fused-ring (bicyclic) bond motifs is 1. The van der Waals surface area contributed by atoms with E-state index in [-0.39, 0.29) is 0 Å². The highest BCUT2D eigenvalue weighted by molar-refractivity contribution is 7.16. The predicted octanol–water partition coefficient (Wildman–Crippen LogP) is 2.43. The topological polar surface area (TPSA) is 38.9 Å². The molecular weight excluding hydrogens is 192 g/mol. The maximum absolute atomic E-state index is 5.60. The number of rotatable bonds is 3. The lowest BCUT2D eigenvalue weighted by Gasteiger charge is -2.07. The van der Waals surface area contributed by atoms with Crippen LogP contribution in [0.1, 0.15) is 12.5 Å². The van der Waals surface area contributed by atoms with Crippen LogP contribution in [-0.4, -0.2) is 11.5 Å². The molecule has 1 atom stereocenters. The summed E-state index contributed by atoms with van der Waals surface area (Å²) in [5.41, 5.74) is 9.93. The van der Waals surface area contributed by atoms with Crippen molar-refractivity contribution in [3.05, 3.63) is 29.3 Å². The maximum Gasteiger partial charge on any atom is 0.0814 e. The number of nitrogens with two attached hydrogens (primary N) is 1. The molecule has 0 spiro atoms. The van der Waals surface area contributed by atoms with Gasteiger partial charge in [-0.2, -0.15) is 0 Å². The third kappa shape index (κ3) is 1.94. The quantitative estimate of drug-likeness (QED) is 0.837. The number of benzene rings is 1. The molecule has 14 heavy (non-hydrogen) atoms. The van der Waals surface area contributed by atoms with Crippen LogP contribution in [0.3, 0.4) is 0 Å². The average molecular weight is 206 g/mol. The number of hydrogen-bond donors (Lipinski definition) is 1. The second-order valence-electron chi connectivity index (χ2n) is 3.70. The van der Waals surface area contributed by atoms with E-state index in [4.69, 9.17) is 5.73 Å². The minimum absolute atomic E-state index is 0.547. The van der Waals surface area contributed by atoms with Crippen LogP contribution in [0.4, 0.5) is 0 Å². The first-order chi connectivity index (χ1) is 6.79. The van der Waals surface area contributed by atoms with Crippen LogP contribution in [0.25, 0.3) is 10.2 Å². The van der Waals surface area contributed by atoms with Gasteiger partial charge in [0, 0.05) is 0 Å². The Hall–Kier alpha value is -0.930. The van der Waals surface area contributed by atoms with Crippen molar-refractivity contribution in [3.8, 4) is 0 Å². The SMILES string of the molecule is CC(CN)Cc1ccc2scnc2c1. The molecule has 0 bridgehead atoms. The van der Waals surface area contributed by atoms with Crippen molar-refractivity contribution in [2.45, 2.75) is 13.3 Å². The molecule has 2 N–H and O–H groups in total. The van der Waals surface area contributed by atoms with Crippen molar-refractivity contribution in [1.82, 2.24) is 4.98 Å². The van der Waals surface area contributed by atoms with Crippen LogP contribution in [0.15, 0.2) is 23.7 Å². The molecule has 0 aliphatic heterocycles. The van der Waals surface area contributed by atoms with Crippen molar-refractivity contribution in [2.24, 2.45) is 11.7 Å². The third-order valence-corrected chi connectivity index (χ3v) is 3.19. The Bertz CT molecular complexity index is 422. The van der Waals surface area contributed by atoms with Crippen LogP contribution in [-0.2, 0) is 6.42 Å². The smallest absolute Gasteiger partial charge is 0.0814 e. The zero-order valence-electron chi connectivity index (χ0n) is 8.23. The molecule has 1 unspecified atom stereocenters. The summed E-state index contributed by atoms with van der Waals surface area (Å²) in [6.45, 7) is 2.92. The zero-order valence-corrected chi connectivity index (χ0v) is 9.05. The summed E-state index contributed by atoms with van der Waals surface area (Å²) in [5, 5.41) is 0. The summed E-state index contributed by atoms with van der Waals surface area (Å²) >= 11 is 1.68. The van der Waals surface area contributed by atoms with E-state index in [1.807, 2.05) is 5.51 Å². The van der Waals surface area contributed by atoms with E-state index < -0.39 is 0 Å². The molecule has 0 fully saturated rings. The van der Waals surface area contributed by atoms with Gasteiger partial charge in [-0.3, -0.25) is 0 Å². The fourth-order valence-electron chi connectivity index (χ4n) is 1.52. The summed E-state index contributed by atoms with van der Waals surface area (Å²) in [5.74, 6) is 0.547.